The Hall–Kier alpha value is -4.96. The minimum atomic E-state index is -0.0756. The smallest absolute Gasteiger partial charge is 0.222 e. The van der Waals surface area contributed by atoms with E-state index in [0.29, 0.717) is 11.1 Å². The zero-order valence-corrected chi connectivity index (χ0v) is 39.5. The molecule has 4 heteroatoms. The number of ketones is 1. The Morgan fingerprint density at radius 3 is 1.50 bits per heavy atom. The van der Waals surface area contributed by atoms with E-state index in [0.717, 1.165) is 81.8 Å². The molecule has 0 radical (unpaired) electrons. The predicted molar refractivity (Wildman–Crippen MR) is 273 cm³/mol. The molecule has 0 fully saturated rings. The van der Waals surface area contributed by atoms with Gasteiger partial charge in [0.2, 0.25) is 17.2 Å². The minimum Gasteiger partial charge on any atom is -0.506 e. The third-order valence-corrected chi connectivity index (χ3v) is 13.9. The third kappa shape index (κ3) is 11.5. The highest BCUT2D eigenvalue weighted by Crippen LogP contribution is 2.50. The molecule has 1 aliphatic carbocycles. The van der Waals surface area contributed by atoms with E-state index < -0.39 is 0 Å². The van der Waals surface area contributed by atoms with Crippen molar-refractivity contribution in [3.05, 3.63) is 137 Å². The van der Waals surface area contributed by atoms with Crippen molar-refractivity contribution >= 4 is 39.2 Å². The number of aryl methyl sites for hydroxylation is 1. The van der Waals surface area contributed by atoms with Gasteiger partial charge in [-0.05, 0) is 42.7 Å². The first-order valence-corrected chi connectivity index (χ1v) is 25.8. The molecule has 0 saturated carbocycles. The van der Waals surface area contributed by atoms with Crippen molar-refractivity contribution in [3.8, 4) is 11.3 Å². The topological polar surface area (TPSA) is 45.2 Å². The van der Waals surface area contributed by atoms with Crippen molar-refractivity contribution in [2.24, 2.45) is 0 Å². The zero-order valence-electron chi connectivity index (χ0n) is 39.5. The van der Waals surface area contributed by atoms with Crippen LogP contribution in [-0.2, 0) is 11.3 Å². The van der Waals surface area contributed by atoms with Crippen molar-refractivity contribution < 1.29 is 14.5 Å². The van der Waals surface area contributed by atoms with Gasteiger partial charge in [0.25, 0.3) is 0 Å². The number of nitrogens with zero attached hydrogens (tertiary/aromatic N) is 2. The molecule has 0 saturated heterocycles. The minimum absolute atomic E-state index is 0.0756. The number of Topliss-reactive ketones (excluding diaryl/α,β-unsaturated/α-hetero) is 1. The van der Waals surface area contributed by atoms with Crippen molar-refractivity contribution in [1.82, 2.24) is 4.57 Å². The quantitative estimate of drug-likeness (QED) is 0.0296. The van der Waals surface area contributed by atoms with E-state index in [1.807, 2.05) is 0 Å². The standard InChI is InChI=1S/C60H76N2O2/c1-3-5-7-9-11-13-15-17-19-21-23-35-45-61-51-43-33-31-41-49(51)53(57(61)47-37-27-25-28-38-47)55-59(63)56(60(55)64)54-50-42-32-34-44-52(50)62(58(54)48-39-29-26-30-40-48)46-36-24-22-20-18-16-14-12-10-8-6-4-2/h25-34,37-44H,3-24,35-36,45-46H2,1-2H3/p+1. The molecule has 7 rings (SSSR count). The molecule has 1 aliphatic heterocycles. The number of para-hydroxylation sites is 2. The highest BCUT2D eigenvalue weighted by atomic mass is 16.3. The predicted octanol–water partition coefficient (Wildman–Crippen LogP) is 17.2. The summed E-state index contributed by atoms with van der Waals surface area (Å²) in [5.41, 5.74) is 10.0. The van der Waals surface area contributed by atoms with Gasteiger partial charge >= 0.3 is 0 Å². The van der Waals surface area contributed by atoms with E-state index in [-0.39, 0.29) is 11.5 Å². The van der Waals surface area contributed by atoms with Gasteiger partial charge < -0.3 is 9.67 Å². The number of benzene rings is 4. The molecule has 0 amide bonds. The van der Waals surface area contributed by atoms with Crippen molar-refractivity contribution in [1.29, 1.82) is 0 Å². The maximum Gasteiger partial charge on any atom is 0.222 e. The Bertz CT molecular complexity index is 2340. The largest absolute Gasteiger partial charge is 0.506 e. The maximum atomic E-state index is 15.1. The zero-order chi connectivity index (χ0) is 44.4. The molecule has 1 aromatic heterocycles. The first kappa shape index (κ1) is 47.0. The molecule has 2 aliphatic rings. The van der Waals surface area contributed by atoms with E-state index in [9.17, 15) is 5.11 Å². The van der Waals surface area contributed by atoms with Gasteiger partial charge in [-0.15, -0.1) is 0 Å². The lowest BCUT2D eigenvalue weighted by Crippen LogP contribution is -2.26. The van der Waals surface area contributed by atoms with Gasteiger partial charge in [0.15, 0.2) is 0 Å². The van der Waals surface area contributed by atoms with Gasteiger partial charge in [-0.3, -0.25) is 4.79 Å². The number of aliphatic hydroxyl groups is 1. The van der Waals surface area contributed by atoms with Gasteiger partial charge in [-0.1, -0.05) is 228 Å². The second-order valence-electron chi connectivity index (χ2n) is 18.7. The highest BCUT2D eigenvalue weighted by Gasteiger charge is 2.46. The van der Waals surface area contributed by atoms with Crippen LogP contribution in [0.1, 0.15) is 185 Å². The number of unbranched alkanes of at least 4 members (excludes halogenated alkanes) is 22. The number of hydrogen-bond acceptors (Lipinski definition) is 2. The number of fused-ring (bicyclic) bond motifs is 2. The summed E-state index contributed by atoms with van der Waals surface area (Å²) in [4.78, 5) is 15.1. The Balaban J connectivity index is 1.14. The van der Waals surface area contributed by atoms with Crippen LogP contribution in [0.2, 0.25) is 0 Å². The first-order chi connectivity index (χ1) is 31.7. The summed E-state index contributed by atoms with van der Waals surface area (Å²) in [6.07, 6.45) is 31.4. The number of rotatable bonds is 29. The normalized spacial score (nSPS) is 14.9. The molecule has 5 aromatic rings. The van der Waals surface area contributed by atoms with Crippen LogP contribution >= 0.6 is 0 Å². The van der Waals surface area contributed by atoms with Gasteiger partial charge in [0.1, 0.15) is 12.3 Å². The number of allylic oxidation sites excluding steroid dienone is 3. The van der Waals surface area contributed by atoms with Crippen LogP contribution < -0.4 is 0 Å². The van der Waals surface area contributed by atoms with Crippen LogP contribution in [0.5, 0.6) is 0 Å². The first-order valence-electron chi connectivity index (χ1n) is 25.8. The van der Waals surface area contributed by atoms with Gasteiger partial charge in [-0.2, -0.15) is 4.58 Å². The van der Waals surface area contributed by atoms with Crippen LogP contribution in [0.3, 0.4) is 0 Å². The summed E-state index contributed by atoms with van der Waals surface area (Å²) in [5, 5.41) is 13.5. The summed E-state index contributed by atoms with van der Waals surface area (Å²) >= 11 is 0. The number of carbonyl (C=O) groups excluding carboxylic acids is 1. The lowest BCUT2D eigenvalue weighted by Gasteiger charge is -2.24. The maximum absolute atomic E-state index is 15.1. The second kappa shape index (κ2) is 24.9. The fraction of sp³-hybridized carbons (Fsp3) is 0.467. The van der Waals surface area contributed by atoms with Crippen molar-refractivity contribution in [3.63, 3.8) is 0 Å². The fourth-order valence-corrected chi connectivity index (χ4v) is 10.5. The van der Waals surface area contributed by atoms with Crippen LogP contribution in [0.25, 0.3) is 33.3 Å². The Kier molecular flexibility index (Phi) is 18.3. The van der Waals surface area contributed by atoms with Crippen molar-refractivity contribution in [2.75, 3.05) is 6.54 Å². The molecule has 64 heavy (non-hydrogen) atoms. The van der Waals surface area contributed by atoms with Gasteiger partial charge in [0, 0.05) is 41.1 Å². The molecule has 0 unspecified atom stereocenters. The van der Waals surface area contributed by atoms with Crippen LogP contribution in [0.4, 0.5) is 5.69 Å². The molecule has 2 heterocycles. The lowest BCUT2D eigenvalue weighted by molar-refractivity contribution is -0.437. The SMILES string of the molecule is CCCCCCCCCCCCCCn1c(-c2ccccc2)c(C2=C(O)/C(=C3/C(c4ccccc4)=[N+](CCCCCCCCCCCCCC)c4ccccc43)C2=O)c2ccccc21. The Morgan fingerprint density at radius 1 is 0.469 bits per heavy atom. The number of carbonyl (C=O) groups is 1. The number of hydrogen-bond donors (Lipinski definition) is 1. The Morgan fingerprint density at radius 2 is 0.938 bits per heavy atom. The second-order valence-corrected chi connectivity index (χ2v) is 18.7. The third-order valence-electron chi connectivity index (χ3n) is 13.9. The lowest BCUT2D eigenvalue weighted by atomic mass is 9.77. The van der Waals surface area contributed by atoms with E-state index in [4.69, 9.17) is 0 Å². The highest BCUT2D eigenvalue weighted by molar-refractivity contribution is 6.49. The van der Waals surface area contributed by atoms with Crippen LogP contribution in [0, 0.1) is 0 Å². The monoisotopic (exact) mass is 858 g/mol. The average molecular weight is 858 g/mol. The fourth-order valence-electron chi connectivity index (χ4n) is 10.5. The number of aliphatic hydroxyl groups excluding tert-OH is 1. The molecule has 0 bridgehead atoms. The van der Waals surface area contributed by atoms with E-state index in [1.165, 1.54) is 141 Å². The molecule has 4 nitrogen and oxygen atoms in total. The van der Waals surface area contributed by atoms with E-state index >= 15 is 4.79 Å². The molecular weight excluding hydrogens is 781 g/mol. The summed E-state index contributed by atoms with van der Waals surface area (Å²) in [6.45, 7) is 6.31. The molecular formula is C60H77N2O2+. The Labute approximate surface area is 386 Å². The molecule has 1 N–H and O–H groups in total. The van der Waals surface area contributed by atoms with Crippen LogP contribution in [0.15, 0.2) is 121 Å². The van der Waals surface area contributed by atoms with Crippen molar-refractivity contribution in [2.45, 2.75) is 174 Å². The van der Waals surface area contributed by atoms with Gasteiger partial charge in [0.05, 0.1) is 28.0 Å². The summed E-state index contributed by atoms with van der Waals surface area (Å²) in [5.74, 6) is 0.0364. The molecule has 338 valence electrons. The molecule has 4 aromatic carbocycles. The van der Waals surface area contributed by atoms with Gasteiger partial charge in [-0.25, -0.2) is 0 Å². The molecule has 0 spiro atoms. The number of aromatic nitrogens is 1. The summed E-state index contributed by atoms with van der Waals surface area (Å²) in [7, 11) is 0. The molecule has 0 atom stereocenters. The average Bonchev–Trinajstić information content (AvgIpc) is 3.82. The summed E-state index contributed by atoms with van der Waals surface area (Å²) in [6, 6.07) is 38.0. The van der Waals surface area contributed by atoms with E-state index in [1.54, 1.807) is 0 Å². The summed E-state index contributed by atoms with van der Waals surface area (Å²) < 4.78 is 4.86. The van der Waals surface area contributed by atoms with Crippen LogP contribution in [-0.4, -0.2) is 32.3 Å². The van der Waals surface area contributed by atoms with E-state index in [2.05, 4.69) is 132 Å².